The lowest BCUT2D eigenvalue weighted by molar-refractivity contribution is 0.0206. The van der Waals surface area contributed by atoms with Gasteiger partial charge < -0.3 is 19.7 Å². The van der Waals surface area contributed by atoms with Crippen molar-refractivity contribution in [2.45, 2.75) is 45.3 Å². The van der Waals surface area contributed by atoms with E-state index in [2.05, 4.69) is 15.3 Å². The Morgan fingerprint density at radius 3 is 2.69 bits per heavy atom. The SMILES string of the molecule is COC(=O)c1ccn2c(-c3nc(NC4CCCN(C(=O)OC(C)(C)C)C4)c(F)cc3F)cnc2c1. The molecule has 11 heteroatoms. The number of hydrogen-bond acceptors (Lipinski definition) is 7. The van der Waals surface area contributed by atoms with Crippen LogP contribution in [-0.2, 0) is 9.47 Å². The molecular weight excluding hydrogens is 460 g/mol. The van der Waals surface area contributed by atoms with Gasteiger partial charge in [0, 0.05) is 31.4 Å². The van der Waals surface area contributed by atoms with Gasteiger partial charge in [-0.1, -0.05) is 0 Å². The molecule has 1 atom stereocenters. The van der Waals surface area contributed by atoms with Gasteiger partial charge in [-0.05, 0) is 45.7 Å². The molecule has 1 aliphatic rings. The summed E-state index contributed by atoms with van der Waals surface area (Å²) in [5, 5.41) is 3.01. The lowest BCUT2D eigenvalue weighted by atomic mass is 10.1. The number of anilines is 1. The van der Waals surface area contributed by atoms with Crippen LogP contribution in [0.4, 0.5) is 19.4 Å². The third-order valence-electron chi connectivity index (χ3n) is 5.52. The minimum Gasteiger partial charge on any atom is -0.465 e. The standard InChI is InChI=1S/C24H27F2N5O4/c1-24(2,3)35-23(33)30-8-5-6-15(13-30)28-21-17(26)11-16(25)20(29-21)18-12-27-19-10-14(22(32)34-4)7-9-31(18)19/h7,9-12,15H,5-6,8,13H2,1-4H3,(H,28,29). The van der Waals surface area contributed by atoms with Gasteiger partial charge >= 0.3 is 12.1 Å². The second-order valence-corrected chi connectivity index (χ2v) is 9.34. The summed E-state index contributed by atoms with van der Waals surface area (Å²) < 4.78 is 41.1. The van der Waals surface area contributed by atoms with Gasteiger partial charge in [0.15, 0.2) is 17.5 Å². The van der Waals surface area contributed by atoms with Gasteiger partial charge in [-0.25, -0.2) is 28.3 Å². The monoisotopic (exact) mass is 487 g/mol. The highest BCUT2D eigenvalue weighted by molar-refractivity contribution is 5.90. The number of amides is 1. The number of halogens is 2. The van der Waals surface area contributed by atoms with Gasteiger partial charge in [-0.3, -0.25) is 4.40 Å². The Morgan fingerprint density at radius 1 is 1.20 bits per heavy atom. The quantitative estimate of drug-likeness (QED) is 0.549. The maximum atomic E-state index is 14.8. The minimum absolute atomic E-state index is 0.105. The molecule has 4 heterocycles. The van der Waals surface area contributed by atoms with Crippen LogP contribution >= 0.6 is 0 Å². The molecule has 186 valence electrons. The van der Waals surface area contributed by atoms with Crippen LogP contribution < -0.4 is 5.32 Å². The van der Waals surface area contributed by atoms with E-state index in [1.165, 1.54) is 25.4 Å². The maximum Gasteiger partial charge on any atom is 0.410 e. The molecular formula is C24H27F2N5O4. The highest BCUT2D eigenvalue weighted by Gasteiger charge is 2.28. The first-order valence-electron chi connectivity index (χ1n) is 11.2. The highest BCUT2D eigenvalue weighted by Crippen LogP contribution is 2.27. The van der Waals surface area contributed by atoms with E-state index in [9.17, 15) is 18.4 Å². The number of nitrogens with one attached hydrogen (secondary N) is 1. The molecule has 3 aromatic heterocycles. The Labute approximate surface area is 201 Å². The minimum atomic E-state index is -0.856. The molecule has 0 aliphatic carbocycles. The van der Waals surface area contributed by atoms with Crippen LogP contribution in [0.25, 0.3) is 17.0 Å². The van der Waals surface area contributed by atoms with Crippen LogP contribution in [0.2, 0.25) is 0 Å². The molecule has 0 saturated carbocycles. The molecule has 35 heavy (non-hydrogen) atoms. The fraction of sp³-hybridized carbons (Fsp3) is 0.417. The predicted octanol–water partition coefficient (Wildman–Crippen LogP) is 4.27. The largest absolute Gasteiger partial charge is 0.465 e. The summed E-state index contributed by atoms with van der Waals surface area (Å²) in [6.45, 7) is 6.21. The van der Waals surface area contributed by atoms with Gasteiger partial charge in [0.1, 0.15) is 16.9 Å². The van der Waals surface area contributed by atoms with Crippen molar-refractivity contribution in [2.75, 3.05) is 25.5 Å². The van der Waals surface area contributed by atoms with Crippen molar-refractivity contribution in [1.82, 2.24) is 19.3 Å². The topological polar surface area (TPSA) is 98.1 Å². The number of carbonyl (C=O) groups is 2. The maximum absolute atomic E-state index is 14.8. The van der Waals surface area contributed by atoms with E-state index in [0.717, 1.165) is 6.07 Å². The average molecular weight is 488 g/mol. The molecule has 0 radical (unpaired) electrons. The van der Waals surface area contributed by atoms with Crippen LogP contribution in [0.1, 0.15) is 44.0 Å². The number of piperidine rings is 1. The van der Waals surface area contributed by atoms with E-state index in [1.54, 1.807) is 36.3 Å². The van der Waals surface area contributed by atoms with Crippen molar-refractivity contribution in [2.24, 2.45) is 0 Å². The number of hydrogen-bond donors (Lipinski definition) is 1. The normalized spacial score (nSPS) is 16.3. The number of ether oxygens (including phenoxy) is 2. The third kappa shape index (κ3) is 5.33. The lowest BCUT2D eigenvalue weighted by Crippen LogP contribution is -2.47. The molecule has 3 aromatic rings. The van der Waals surface area contributed by atoms with Crippen LogP contribution in [0, 0.1) is 11.6 Å². The number of imidazole rings is 1. The van der Waals surface area contributed by atoms with E-state index in [-0.39, 0.29) is 23.2 Å². The first-order chi connectivity index (χ1) is 16.6. The van der Waals surface area contributed by atoms with Crippen LogP contribution in [-0.4, -0.2) is 63.2 Å². The number of carbonyl (C=O) groups excluding carboxylic acids is 2. The zero-order valence-corrected chi connectivity index (χ0v) is 20.0. The number of esters is 1. The number of methoxy groups -OCH3 is 1. The smallest absolute Gasteiger partial charge is 0.410 e. The number of nitrogens with zero attached hydrogens (tertiary/aromatic N) is 4. The molecule has 9 nitrogen and oxygen atoms in total. The van der Waals surface area contributed by atoms with Crippen molar-refractivity contribution in [3.05, 3.63) is 47.8 Å². The zero-order valence-electron chi connectivity index (χ0n) is 20.0. The summed E-state index contributed by atoms with van der Waals surface area (Å²) in [6, 6.07) is 3.49. The molecule has 4 rings (SSSR count). The van der Waals surface area contributed by atoms with Gasteiger partial charge in [0.05, 0.1) is 24.6 Å². The summed E-state index contributed by atoms with van der Waals surface area (Å²) in [4.78, 5) is 34.2. The van der Waals surface area contributed by atoms with Crippen LogP contribution in [0.3, 0.4) is 0 Å². The fourth-order valence-electron chi connectivity index (χ4n) is 3.93. The zero-order chi connectivity index (χ0) is 25.3. The molecule has 1 amide bonds. The van der Waals surface area contributed by atoms with Crippen molar-refractivity contribution in [1.29, 1.82) is 0 Å². The summed E-state index contributed by atoms with van der Waals surface area (Å²) in [7, 11) is 1.27. The molecule has 0 bridgehead atoms. The average Bonchev–Trinajstić information content (AvgIpc) is 3.22. The Morgan fingerprint density at radius 2 is 1.97 bits per heavy atom. The first kappa shape index (κ1) is 24.4. The molecule has 0 spiro atoms. The van der Waals surface area contributed by atoms with Gasteiger partial charge in [-0.2, -0.15) is 0 Å². The lowest BCUT2D eigenvalue weighted by Gasteiger charge is -2.34. The number of fused-ring (bicyclic) bond motifs is 1. The molecule has 1 N–H and O–H groups in total. The molecule has 1 aliphatic heterocycles. The third-order valence-corrected chi connectivity index (χ3v) is 5.52. The number of aromatic nitrogens is 3. The van der Waals surface area contributed by atoms with Gasteiger partial charge in [0.25, 0.3) is 0 Å². The number of pyridine rings is 2. The number of likely N-dealkylation sites (tertiary alicyclic amines) is 1. The predicted molar refractivity (Wildman–Crippen MR) is 124 cm³/mol. The summed E-state index contributed by atoms with van der Waals surface area (Å²) in [5.74, 6) is -2.35. The second-order valence-electron chi connectivity index (χ2n) is 9.34. The first-order valence-corrected chi connectivity index (χ1v) is 11.2. The Balaban J connectivity index is 1.58. The van der Waals surface area contributed by atoms with E-state index in [0.29, 0.717) is 37.1 Å². The Bertz CT molecular complexity index is 1270. The van der Waals surface area contributed by atoms with Crippen LogP contribution in [0.15, 0.2) is 30.6 Å². The molecule has 1 saturated heterocycles. The van der Waals surface area contributed by atoms with Crippen molar-refractivity contribution in [3.8, 4) is 11.4 Å². The van der Waals surface area contributed by atoms with E-state index < -0.39 is 29.3 Å². The fourth-order valence-corrected chi connectivity index (χ4v) is 3.93. The van der Waals surface area contributed by atoms with E-state index in [1.807, 2.05) is 0 Å². The van der Waals surface area contributed by atoms with Gasteiger partial charge in [0.2, 0.25) is 0 Å². The molecule has 1 fully saturated rings. The van der Waals surface area contributed by atoms with E-state index >= 15 is 0 Å². The number of rotatable bonds is 4. The highest BCUT2D eigenvalue weighted by atomic mass is 19.1. The van der Waals surface area contributed by atoms with Crippen molar-refractivity contribution >= 4 is 23.5 Å². The van der Waals surface area contributed by atoms with Crippen LogP contribution in [0.5, 0.6) is 0 Å². The summed E-state index contributed by atoms with van der Waals surface area (Å²) in [5.41, 5.74) is 0.230. The molecule has 0 aromatic carbocycles. The Hall–Kier alpha value is -3.76. The second kappa shape index (κ2) is 9.47. The van der Waals surface area contributed by atoms with Gasteiger partial charge in [-0.15, -0.1) is 0 Å². The van der Waals surface area contributed by atoms with Crippen molar-refractivity contribution in [3.63, 3.8) is 0 Å². The van der Waals surface area contributed by atoms with E-state index in [4.69, 9.17) is 9.47 Å². The summed E-state index contributed by atoms with van der Waals surface area (Å²) in [6.07, 6.45) is 3.88. The summed E-state index contributed by atoms with van der Waals surface area (Å²) >= 11 is 0. The van der Waals surface area contributed by atoms with Crippen molar-refractivity contribution < 1.29 is 27.8 Å². The Kier molecular flexibility index (Phi) is 6.60. The molecule has 1 unspecified atom stereocenters.